The molecule has 7 heterocycles. The van der Waals surface area contributed by atoms with Crippen LogP contribution in [0.5, 0.6) is 0 Å². The second-order valence-corrected chi connectivity index (χ2v) is 24.5. The number of Topliss-reactive ketones (excluding diaryl/α,β-unsaturated/α-hetero) is 1. The summed E-state index contributed by atoms with van der Waals surface area (Å²) >= 11 is 0. The lowest BCUT2D eigenvalue weighted by Gasteiger charge is -2.30. The first-order valence-electron chi connectivity index (χ1n) is 32.2. The Hall–Kier alpha value is -9.39. The van der Waals surface area contributed by atoms with Gasteiger partial charge in [0, 0.05) is 37.4 Å². The molecule has 1 aromatic heterocycles. The van der Waals surface area contributed by atoms with Gasteiger partial charge >= 0.3 is 0 Å². The highest BCUT2D eigenvalue weighted by molar-refractivity contribution is 7.90. The number of benzene rings is 4. The Bertz CT molecular complexity index is 3420. The van der Waals surface area contributed by atoms with E-state index in [1.54, 1.807) is 91.1 Å². The first kappa shape index (κ1) is 74.3. The molecular formula is C68H88N10O14S. The van der Waals surface area contributed by atoms with Gasteiger partial charge in [-0.15, -0.1) is 0 Å². The maximum Gasteiger partial charge on any atom is 0.296 e. The van der Waals surface area contributed by atoms with Gasteiger partial charge in [-0.05, 0) is 67.8 Å². The second-order valence-electron chi connectivity index (χ2n) is 22.8. The molecule has 0 aliphatic carbocycles. The number of hydrogen-bond acceptors (Lipinski definition) is 14. The number of ketones is 1. The van der Waals surface area contributed by atoms with Crippen molar-refractivity contribution < 1.29 is 61.2 Å². The number of unbranched alkanes of at least 4 members (excludes halogenated alkanes) is 15. The largest absolute Gasteiger partial charge is 0.318 e. The van der Waals surface area contributed by atoms with E-state index in [2.05, 4.69) is 63.3 Å². The molecule has 3 unspecified atom stereocenters. The standard InChI is InChI=1S/C20H38N2O2.C14H9NO2.C12H22N2O2.C8H5NO2.C7H5NO3S.C4H5NO2.C3H4N2O/c1-3-5-7-9-11-13-15-17-18(20(24)22-21-19(17)23)16-14-12-10-8-6-4-2;16-13-11-8-4-5-9-12(11)14(17)15(13)10-6-2-1-3-7-10;1-2-3-4-5-6-7-8-10-9-11(15)13-14-12(10)16;10-7-5-3-1-2-4-6(5)9-8(7)11;9-7-5-3-1-2-4-6(5)12(10,11)8-7;6-3-1-2-4(7)5-3;6-3-1-2-4-5-3/h17-18H,3-16H2,1-2H3,(H,21,23)(H,22,24);1-9H;10H,2-9H2,1H3,(H,13,15)(H,14,16);1-4H,(H,9,10,11);1-4H,(H,8,9);1-2H2,(H,5,6,7);1-2H,(H2,4,5,6). The van der Waals surface area contributed by atoms with Crippen molar-refractivity contribution in [2.75, 3.05) is 10.2 Å². The number of hydrogen-bond donors (Lipinski definition) is 9. The van der Waals surface area contributed by atoms with Crippen LogP contribution in [0.15, 0.2) is 125 Å². The summed E-state index contributed by atoms with van der Waals surface area (Å²) in [5, 5.41) is 9.41. The predicted octanol–water partition coefficient (Wildman–Crippen LogP) is 9.34. The van der Waals surface area contributed by atoms with Gasteiger partial charge in [0.15, 0.2) is 0 Å². The molecule has 93 heavy (non-hydrogen) atoms. The monoisotopic (exact) mass is 1300 g/mol. The van der Waals surface area contributed by atoms with Gasteiger partial charge in [0.1, 0.15) is 4.90 Å². The highest BCUT2D eigenvalue weighted by atomic mass is 32.2. The second kappa shape index (κ2) is 39.8. The molecule has 3 saturated heterocycles. The Balaban J connectivity index is 0.000000204. The third-order valence-corrected chi connectivity index (χ3v) is 17.1. The molecule has 10 amide bonds. The van der Waals surface area contributed by atoms with Crippen LogP contribution >= 0.6 is 0 Å². The smallest absolute Gasteiger partial charge is 0.296 e. The minimum atomic E-state index is -3.55. The molecular weight excluding hydrogens is 1210 g/mol. The number of nitrogens with zero attached hydrogens (tertiary/aromatic N) is 1. The van der Waals surface area contributed by atoms with Crippen LogP contribution < -0.4 is 47.5 Å². The molecule has 24 nitrogen and oxygen atoms in total. The fraction of sp³-hybridized carbons (Fsp3) is 0.441. The maximum absolute atomic E-state index is 12.2. The van der Waals surface area contributed by atoms with Crippen molar-refractivity contribution in [3.8, 4) is 0 Å². The van der Waals surface area contributed by atoms with Crippen molar-refractivity contribution in [1.29, 1.82) is 0 Å². The number of rotatable bonds is 22. The van der Waals surface area contributed by atoms with Crippen LogP contribution in [0.4, 0.5) is 11.4 Å². The Labute approximate surface area is 542 Å². The van der Waals surface area contributed by atoms with Crippen molar-refractivity contribution in [3.05, 3.63) is 148 Å². The van der Waals surface area contributed by atoms with Crippen molar-refractivity contribution in [2.24, 2.45) is 17.8 Å². The zero-order valence-corrected chi connectivity index (χ0v) is 54.1. The SMILES string of the molecule is CCCCCCCCC1C(=O)NNC(=O)C1CCCCCCCC.CCCCCCCCC1CC(=O)NNC1=O.O=C1CCC(=O)N1.O=C1NS(=O)(=O)c2ccccc21.O=C1Nc2ccccc2C1=O.O=C1c2ccccc2C(=O)N1c1ccccc1.O=c1cc[nH][nH]1. The van der Waals surface area contributed by atoms with Crippen LogP contribution in [0.3, 0.4) is 0 Å². The number of anilines is 2. The quantitative estimate of drug-likeness (QED) is 0.0177. The van der Waals surface area contributed by atoms with Crippen molar-refractivity contribution in [1.82, 2.24) is 41.9 Å². The number of amides is 10. The molecule has 500 valence electrons. The summed E-state index contributed by atoms with van der Waals surface area (Å²) in [4.78, 5) is 135. The minimum absolute atomic E-state index is 0.0131. The summed E-state index contributed by atoms with van der Waals surface area (Å²) < 4.78 is 24.2. The third kappa shape index (κ3) is 24.3. The Morgan fingerprint density at radius 3 is 1.33 bits per heavy atom. The number of aromatic nitrogens is 2. The summed E-state index contributed by atoms with van der Waals surface area (Å²) in [6.07, 6.45) is 27.1. The Morgan fingerprint density at radius 1 is 0.430 bits per heavy atom. The molecule has 6 aliphatic heterocycles. The highest BCUT2D eigenvalue weighted by Gasteiger charge is 2.38. The van der Waals surface area contributed by atoms with Crippen LogP contribution in [-0.4, -0.2) is 83.5 Å². The summed E-state index contributed by atoms with van der Waals surface area (Å²) in [5.41, 5.74) is 12.6. The van der Waals surface area contributed by atoms with Crippen LogP contribution in [0.25, 0.3) is 0 Å². The highest BCUT2D eigenvalue weighted by Crippen LogP contribution is 2.30. The lowest BCUT2D eigenvalue weighted by Crippen LogP contribution is -2.56. The molecule has 4 aromatic carbocycles. The van der Waals surface area contributed by atoms with Crippen LogP contribution in [0.1, 0.15) is 216 Å². The average Bonchev–Trinajstić information content (AvgIpc) is 1.66. The maximum atomic E-state index is 12.2. The molecule has 11 rings (SSSR count). The van der Waals surface area contributed by atoms with E-state index in [-0.39, 0.29) is 81.0 Å². The minimum Gasteiger partial charge on any atom is -0.318 e. The molecule has 0 bridgehead atoms. The number of para-hydroxylation sites is 2. The van der Waals surface area contributed by atoms with Gasteiger partial charge < -0.3 is 10.4 Å². The van der Waals surface area contributed by atoms with Gasteiger partial charge in [-0.3, -0.25) is 89.7 Å². The number of fused-ring (bicyclic) bond motifs is 3. The van der Waals surface area contributed by atoms with Gasteiger partial charge in [0.2, 0.25) is 35.4 Å². The predicted molar refractivity (Wildman–Crippen MR) is 350 cm³/mol. The molecule has 6 aliphatic rings. The van der Waals surface area contributed by atoms with E-state index in [0.717, 1.165) is 38.5 Å². The number of hydrazine groups is 2. The number of aromatic amines is 2. The lowest BCUT2D eigenvalue weighted by atomic mass is 9.81. The fourth-order valence-corrected chi connectivity index (χ4v) is 11.8. The van der Waals surface area contributed by atoms with Gasteiger partial charge in [-0.2, -0.15) is 0 Å². The van der Waals surface area contributed by atoms with Crippen LogP contribution in [-0.2, 0) is 43.6 Å². The number of carbonyl (C=O) groups excluding carboxylic acids is 11. The van der Waals surface area contributed by atoms with E-state index < -0.39 is 27.6 Å². The molecule has 9 N–H and O–H groups in total. The van der Waals surface area contributed by atoms with E-state index >= 15 is 0 Å². The Morgan fingerprint density at radius 2 is 0.882 bits per heavy atom. The van der Waals surface area contributed by atoms with Crippen LogP contribution in [0.2, 0.25) is 0 Å². The molecule has 5 aromatic rings. The van der Waals surface area contributed by atoms with Crippen molar-refractivity contribution in [3.63, 3.8) is 0 Å². The fourth-order valence-electron chi connectivity index (χ4n) is 10.6. The molecule has 3 fully saturated rings. The summed E-state index contributed by atoms with van der Waals surface area (Å²) in [6.45, 7) is 6.64. The van der Waals surface area contributed by atoms with Gasteiger partial charge in [0.05, 0.1) is 45.5 Å². The molecule has 0 saturated carbocycles. The molecule has 3 atom stereocenters. The van der Waals surface area contributed by atoms with E-state index in [4.69, 9.17) is 0 Å². The van der Waals surface area contributed by atoms with Crippen LogP contribution in [0, 0.1) is 17.8 Å². The Kier molecular flexibility index (Phi) is 31.8. The summed E-state index contributed by atoms with van der Waals surface area (Å²) in [5.74, 6) is -2.77. The zero-order chi connectivity index (χ0) is 67.5. The van der Waals surface area contributed by atoms with Crippen molar-refractivity contribution in [2.45, 2.75) is 180 Å². The normalized spacial score (nSPS) is 17.6. The third-order valence-electron chi connectivity index (χ3n) is 15.7. The number of nitrogens with one attached hydrogen (secondary N) is 9. The lowest BCUT2D eigenvalue weighted by molar-refractivity contribution is -0.143. The van der Waals surface area contributed by atoms with E-state index in [9.17, 15) is 66.0 Å². The first-order valence-corrected chi connectivity index (χ1v) is 33.7. The van der Waals surface area contributed by atoms with E-state index in [0.29, 0.717) is 47.3 Å². The number of sulfonamides is 1. The topological polar surface area (TPSA) is 358 Å². The number of H-pyrrole nitrogens is 2. The zero-order valence-electron chi connectivity index (χ0n) is 53.2. The number of carbonyl (C=O) groups is 11. The molecule has 25 heteroatoms. The summed E-state index contributed by atoms with van der Waals surface area (Å²) in [6, 6.07) is 30.2. The van der Waals surface area contributed by atoms with E-state index in [1.165, 1.54) is 119 Å². The number of imide groups is 2. The molecule has 0 spiro atoms. The van der Waals surface area contributed by atoms with E-state index in [1.807, 2.05) is 10.8 Å². The van der Waals surface area contributed by atoms with Crippen molar-refractivity contribution >= 4 is 86.3 Å². The molecule has 0 radical (unpaired) electrons. The summed E-state index contributed by atoms with van der Waals surface area (Å²) in [7, 11) is -3.55. The van der Waals surface area contributed by atoms with Gasteiger partial charge in [0.25, 0.3) is 45.0 Å². The van der Waals surface area contributed by atoms with Gasteiger partial charge in [-0.1, -0.05) is 191 Å². The average molecular weight is 1300 g/mol. The van der Waals surface area contributed by atoms with Gasteiger partial charge in [-0.25, -0.2) is 18.0 Å². The first-order chi connectivity index (χ1) is 44.8.